The molecule has 1 aliphatic heterocycles. The molecule has 0 atom stereocenters. The zero-order chi connectivity index (χ0) is 14.6. The topological polar surface area (TPSA) is 54.3 Å². The SMILES string of the molecule is CCNCc1cc(S(=O)(=O)N2CC=CCC2)cn1CC. The number of sulfonamides is 1. The number of nitrogens with one attached hydrogen (secondary N) is 1. The monoisotopic (exact) mass is 297 g/mol. The smallest absolute Gasteiger partial charge is 0.244 e. The lowest BCUT2D eigenvalue weighted by atomic mass is 10.3. The van der Waals surface area contributed by atoms with Crippen LogP contribution in [-0.2, 0) is 23.1 Å². The quantitative estimate of drug-likeness (QED) is 0.811. The van der Waals surface area contributed by atoms with Crippen molar-refractivity contribution >= 4 is 10.0 Å². The van der Waals surface area contributed by atoms with Gasteiger partial charge >= 0.3 is 0 Å². The summed E-state index contributed by atoms with van der Waals surface area (Å²) in [5.74, 6) is 0. The van der Waals surface area contributed by atoms with Crippen molar-refractivity contribution in [3.8, 4) is 0 Å². The summed E-state index contributed by atoms with van der Waals surface area (Å²) in [5.41, 5.74) is 1.01. The van der Waals surface area contributed by atoms with Crippen molar-refractivity contribution in [1.82, 2.24) is 14.2 Å². The normalized spacial score (nSPS) is 16.7. The third-order valence-corrected chi connectivity index (χ3v) is 5.35. The van der Waals surface area contributed by atoms with Gasteiger partial charge in [0.2, 0.25) is 10.0 Å². The highest BCUT2D eigenvalue weighted by Gasteiger charge is 2.26. The van der Waals surface area contributed by atoms with E-state index >= 15 is 0 Å². The zero-order valence-electron chi connectivity index (χ0n) is 12.2. The molecule has 0 unspecified atom stereocenters. The molecule has 2 rings (SSSR count). The highest BCUT2D eigenvalue weighted by atomic mass is 32.2. The molecule has 1 N–H and O–H groups in total. The molecular weight excluding hydrogens is 274 g/mol. The number of hydrogen-bond donors (Lipinski definition) is 1. The van der Waals surface area contributed by atoms with Gasteiger partial charge in [-0.25, -0.2) is 8.42 Å². The predicted molar refractivity (Wildman–Crippen MR) is 80.0 cm³/mol. The van der Waals surface area contributed by atoms with Crippen LogP contribution in [0.4, 0.5) is 0 Å². The summed E-state index contributed by atoms with van der Waals surface area (Å²) in [6.07, 6.45) is 6.48. The Labute approximate surface area is 121 Å². The van der Waals surface area contributed by atoms with Crippen LogP contribution < -0.4 is 5.32 Å². The van der Waals surface area contributed by atoms with Gasteiger partial charge in [-0.3, -0.25) is 0 Å². The minimum Gasteiger partial charge on any atom is -0.349 e. The van der Waals surface area contributed by atoms with E-state index < -0.39 is 10.0 Å². The lowest BCUT2D eigenvalue weighted by Gasteiger charge is -2.21. The molecule has 0 bridgehead atoms. The molecule has 0 saturated heterocycles. The van der Waals surface area contributed by atoms with Crippen LogP contribution in [0.2, 0.25) is 0 Å². The Balaban J connectivity index is 2.27. The molecule has 0 radical (unpaired) electrons. The molecule has 1 aliphatic rings. The van der Waals surface area contributed by atoms with Crippen molar-refractivity contribution in [2.45, 2.75) is 38.3 Å². The minimum absolute atomic E-state index is 0.405. The fraction of sp³-hybridized carbons (Fsp3) is 0.571. The summed E-state index contributed by atoms with van der Waals surface area (Å²) in [6, 6.07) is 1.79. The maximum atomic E-state index is 12.6. The molecule has 1 aromatic heterocycles. The number of rotatable bonds is 6. The number of aryl methyl sites for hydroxylation is 1. The Hall–Kier alpha value is -1.11. The van der Waals surface area contributed by atoms with Crippen LogP contribution in [0.1, 0.15) is 26.0 Å². The highest BCUT2D eigenvalue weighted by molar-refractivity contribution is 7.89. The van der Waals surface area contributed by atoms with E-state index in [1.807, 2.05) is 30.6 Å². The Kier molecular flexibility index (Phi) is 5.01. The van der Waals surface area contributed by atoms with E-state index in [1.165, 1.54) is 0 Å². The summed E-state index contributed by atoms with van der Waals surface area (Å²) < 4.78 is 28.7. The van der Waals surface area contributed by atoms with Gasteiger partial charge in [0.1, 0.15) is 4.90 Å². The number of nitrogens with zero attached hydrogens (tertiary/aromatic N) is 2. The van der Waals surface area contributed by atoms with Gasteiger partial charge in [-0.1, -0.05) is 19.1 Å². The molecule has 5 nitrogen and oxygen atoms in total. The largest absolute Gasteiger partial charge is 0.349 e. The molecule has 0 aliphatic carbocycles. The van der Waals surface area contributed by atoms with Gasteiger partial charge in [-0.05, 0) is 26.0 Å². The zero-order valence-corrected chi connectivity index (χ0v) is 13.0. The van der Waals surface area contributed by atoms with E-state index in [1.54, 1.807) is 16.6 Å². The van der Waals surface area contributed by atoms with Crippen LogP contribution in [0.25, 0.3) is 0 Å². The molecule has 1 aromatic rings. The van der Waals surface area contributed by atoms with Crippen LogP contribution >= 0.6 is 0 Å². The average Bonchev–Trinajstić information content (AvgIpc) is 2.90. The second kappa shape index (κ2) is 6.56. The molecule has 0 amide bonds. The van der Waals surface area contributed by atoms with Gasteiger partial charge in [-0.15, -0.1) is 0 Å². The van der Waals surface area contributed by atoms with Crippen molar-refractivity contribution in [1.29, 1.82) is 0 Å². The first kappa shape index (κ1) is 15.3. The summed E-state index contributed by atoms with van der Waals surface area (Å²) >= 11 is 0. The molecule has 0 saturated carbocycles. The van der Waals surface area contributed by atoms with Crippen molar-refractivity contribution in [2.75, 3.05) is 19.6 Å². The lowest BCUT2D eigenvalue weighted by molar-refractivity contribution is 0.437. The minimum atomic E-state index is -3.37. The van der Waals surface area contributed by atoms with E-state index in [0.29, 0.717) is 24.5 Å². The Morgan fingerprint density at radius 3 is 2.70 bits per heavy atom. The maximum Gasteiger partial charge on any atom is 0.244 e. The molecule has 20 heavy (non-hydrogen) atoms. The average molecular weight is 297 g/mol. The second-order valence-electron chi connectivity index (χ2n) is 4.86. The predicted octanol–water partition coefficient (Wildman–Crippen LogP) is 1.57. The molecule has 2 heterocycles. The van der Waals surface area contributed by atoms with E-state index in [-0.39, 0.29) is 0 Å². The molecule has 0 fully saturated rings. The van der Waals surface area contributed by atoms with Crippen LogP contribution in [0.3, 0.4) is 0 Å². The van der Waals surface area contributed by atoms with E-state index in [0.717, 1.165) is 25.2 Å². The van der Waals surface area contributed by atoms with Crippen molar-refractivity contribution in [2.24, 2.45) is 0 Å². The Bertz CT molecular complexity index is 575. The Morgan fingerprint density at radius 1 is 1.30 bits per heavy atom. The Morgan fingerprint density at radius 2 is 2.10 bits per heavy atom. The molecular formula is C14H23N3O2S. The standard InChI is InChI=1S/C14H23N3O2S/c1-3-15-11-13-10-14(12-16(13)4-2)20(18,19)17-8-6-5-7-9-17/h5-6,10,12,15H,3-4,7-9,11H2,1-2H3. The molecule has 0 spiro atoms. The van der Waals surface area contributed by atoms with E-state index in [9.17, 15) is 8.42 Å². The van der Waals surface area contributed by atoms with Crippen LogP contribution in [-0.4, -0.2) is 36.9 Å². The third-order valence-electron chi connectivity index (χ3n) is 3.52. The summed E-state index contributed by atoms with van der Waals surface area (Å²) in [5, 5.41) is 3.24. The first-order valence-electron chi connectivity index (χ1n) is 7.14. The number of hydrogen-bond acceptors (Lipinski definition) is 3. The highest BCUT2D eigenvalue weighted by Crippen LogP contribution is 2.21. The van der Waals surface area contributed by atoms with Crippen molar-refractivity contribution < 1.29 is 8.42 Å². The van der Waals surface area contributed by atoms with Crippen LogP contribution in [0, 0.1) is 0 Å². The van der Waals surface area contributed by atoms with Crippen molar-refractivity contribution in [3.05, 3.63) is 30.1 Å². The van der Waals surface area contributed by atoms with Gasteiger partial charge in [-0.2, -0.15) is 4.31 Å². The summed E-state index contributed by atoms with van der Waals surface area (Å²) in [6.45, 7) is 7.44. The fourth-order valence-electron chi connectivity index (χ4n) is 2.35. The molecule has 112 valence electrons. The van der Waals surface area contributed by atoms with E-state index in [2.05, 4.69) is 5.32 Å². The summed E-state index contributed by atoms with van der Waals surface area (Å²) in [7, 11) is -3.37. The van der Waals surface area contributed by atoms with Crippen LogP contribution in [0.5, 0.6) is 0 Å². The van der Waals surface area contributed by atoms with Crippen molar-refractivity contribution in [3.63, 3.8) is 0 Å². The maximum absolute atomic E-state index is 12.6. The summed E-state index contributed by atoms with van der Waals surface area (Å²) in [4.78, 5) is 0.405. The first-order valence-corrected chi connectivity index (χ1v) is 8.58. The fourth-order valence-corrected chi connectivity index (χ4v) is 3.82. The van der Waals surface area contributed by atoms with Gasteiger partial charge in [0.05, 0.1) is 0 Å². The van der Waals surface area contributed by atoms with Gasteiger partial charge in [0, 0.05) is 38.1 Å². The van der Waals surface area contributed by atoms with Crippen LogP contribution in [0.15, 0.2) is 29.3 Å². The van der Waals surface area contributed by atoms with Gasteiger partial charge in [0.25, 0.3) is 0 Å². The van der Waals surface area contributed by atoms with Gasteiger partial charge in [0.15, 0.2) is 0 Å². The third kappa shape index (κ3) is 3.13. The first-order chi connectivity index (χ1) is 9.59. The number of aromatic nitrogens is 1. The molecule has 0 aromatic carbocycles. The second-order valence-corrected chi connectivity index (χ2v) is 6.79. The lowest BCUT2D eigenvalue weighted by Crippen LogP contribution is -2.33. The van der Waals surface area contributed by atoms with Gasteiger partial charge < -0.3 is 9.88 Å². The molecule has 6 heteroatoms. The van der Waals surface area contributed by atoms with E-state index in [4.69, 9.17) is 0 Å².